The number of para-hydroxylation sites is 1. The molecule has 1 saturated heterocycles. The minimum absolute atomic E-state index is 0.382. The van der Waals surface area contributed by atoms with E-state index in [1.165, 1.54) is 5.56 Å². The average molecular weight is 262 g/mol. The van der Waals surface area contributed by atoms with Crippen molar-refractivity contribution < 1.29 is 9.47 Å². The number of anilines is 1. The van der Waals surface area contributed by atoms with Crippen molar-refractivity contribution in [2.45, 2.75) is 26.0 Å². The molecule has 3 rings (SSSR count). The predicted molar refractivity (Wildman–Crippen MR) is 75.7 cm³/mol. The number of fused-ring (bicyclic) bond motifs is 1. The van der Waals surface area contributed by atoms with Gasteiger partial charge in [0.05, 0.1) is 18.4 Å². The fourth-order valence-electron chi connectivity index (χ4n) is 2.77. The van der Waals surface area contributed by atoms with Gasteiger partial charge in [-0.05, 0) is 12.5 Å². The molecule has 1 unspecified atom stereocenters. The Morgan fingerprint density at radius 2 is 2.32 bits per heavy atom. The topological polar surface area (TPSA) is 33.7 Å². The Morgan fingerprint density at radius 3 is 3.21 bits per heavy atom. The Labute approximate surface area is 114 Å². The second kappa shape index (κ2) is 5.80. The standard InChI is InChI=1S/C15H22N2O2/c1-2-13-11-17(7-9-18-13)10-12-4-3-5-14-15(12)19-8-6-16-14/h3-5,13,16H,2,6-11H2,1H3. The van der Waals surface area contributed by atoms with Crippen LogP contribution in [0.3, 0.4) is 0 Å². The number of rotatable bonds is 3. The average Bonchev–Trinajstić information content (AvgIpc) is 2.48. The number of nitrogens with zero attached hydrogens (tertiary/aromatic N) is 1. The van der Waals surface area contributed by atoms with Crippen LogP contribution in [-0.4, -0.2) is 43.9 Å². The lowest BCUT2D eigenvalue weighted by Crippen LogP contribution is -2.41. The molecule has 0 saturated carbocycles. The highest BCUT2D eigenvalue weighted by atomic mass is 16.5. The predicted octanol–water partition coefficient (Wildman–Crippen LogP) is 2.10. The monoisotopic (exact) mass is 262 g/mol. The largest absolute Gasteiger partial charge is 0.489 e. The maximum Gasteiger partial charge on any atom is 0.146 e. The Balaban J connectivity index is 1.72. The van der Waals surface area contributed by atoms with Crippen molar-refractivity contribution in [3.05, 3.63) is 23.8 Å². The van der Waals surface area contributed by atoms with Crippen LogP contribution in [0, 0.1) is 0 Å². The number of hydrogen-bond acceptors (Lipinski definition) is 4. The summed E-state index contributed by atoms with van der Waals surface area (Å²) in [7, 11) is 0. The fraction of sp³-hybridized carbons (Fsp3) is 0.600. The summed E-state index contributed by atoms with van der Waals surface area (Å²) in [4.78, 5) is 2.46. The van der Waals surface area contributed by atoms with Crippen LogP contribution in [0.15, 0.2) is 18.2 Å². The first-order chi connectivity index (χ1) is 9.36. The van der Waals surface area contributed by atoms with Gasteiger partial charge < -0.3 is 14.8 Å². The van der Waals surface area contributed by atoms with Crippen molar-refractivity contribution in [3.63, 3.8) is 0 Å². The Bertz CT molecular complexity index is 436. The summed E-state index contributed by atoms with van der Waals surface area (Å²) in [6, 6.07) is 6.36. The smallest absolute Gasteiger partial charge is 0.146 e. The van der Waals surface area contributed by atoms with Gasteiger partial charge in [0.1, 0.15) is 12.4 Å². The minimum atomic E-state index is 0.382. The van der Waals surface area contributed by atoms with Gasteiger partial charge >= 0.3 is 0 Å². The summed E-state index contributed by atoms with van der Waals surface area (Å²) in [5, 5.41) is 3.39. The van der Waals surface area contributed by atoms with Gasteiger partial charge in [-0.15, -0.1) is 0 Å². The first-order valence-corrected chi connectivity index (χ1v) is 7.19. The fourth-order valence-corrected chi connectivity index (χ4v) is 2.77. The van der Waals surface area contributed by atoms with Crippen LogP contribution in [0.25, 0.3) is 0 Å². The molecule has 2 heterocycles. The van der Waals surface area contributed by atoms with Gasteiger partial charge in [0, 0.05) is 31.7 Å². The third kappa shape index (κ3) is 2.85. The second-order valence-corrected chi connectivity index (χ2v) is 5.21. The molecule has 1 fully saturated rings. The molecule has 0 bridgehead atoms. The summed E-state index contributed by atoms with van der Waals surface area (Å²) in [5.74, 6) is 1.04. The highest BCUT2D eigenvalue weighted by Crippen LogP contribution is 2.32. The van der Waals surface area contributed by atoms with Gasteiger partial charge in [0.2, 0.25) is 0 Å². The van der Waals surface area contributed by atoms with Gasteiger partial charge in [0.15, 0.2) is 0 Å². The van der Waals surface area contributed by atoms with Crippen molar-refractivity contribution in [1.82, 2.24) is 4.90 Å². The molecule has 1 aromatic rings. The van der Waals surface area contributed by atoms with E-state index in [1.807, 2.05) is 0 Å². The maximum atomic E-state index is 5.83. The second-order valence-electron chi connectivity index (χ2n) is 5.21. The molecular formula is C15H22N2O2. The van der Waals surface area contributed by atoms with Crippen molar-refractivity contribution in [2.75, 3.05) is 38.2 Å². The van der Waals surface area contributed by atoms with Gasteiger partial charge in [-0.1, -0.05) is 19.1 Å². The molecule has 0 aliphatic carbocycles. The van der Waals surface area contributed by atoms with E-state index in [9.17, 15) is 0 Å². The minimum Gasteiger partial charge on any atom is -0.489 e. The van der Waals surface area contributed by atoms with E-state index in [1.54, 1.807) is 0 Å². The molecule has 1 atom stereocenters. The highest BCUT2D eigenvalue weighted by molar-refractivity contribution is 5.61. The van der Waals surface area contributed by atoms with E-state index >= 15 is 0 Å². The van der Waals surface area contributed by atoms with Crippen LogP contribution in [-0.2, 0) is 11.3 Å². The lowest BCUT2D eigenvalue weighted by Gasteiger charge is -2.33. The first kappa shape index (κ1) is 12.8. The van der Waals surface area contributed by atoms with E-state index in [4.69, 9.17) is 9.47 Å². The SMILES string of the molecule is CCC1CN(Cc2cccc3c2OCCN3)CCO1. The van der Waals surface area contributed by atoms with Crippen LogP contribution in [0.1, 0.15) is 18.9 Å². The van der Waals surface area contributed by atoms with Crippen molar-refractivity contribution in [3.8, 4) is 5.75 Å². The van der Waals surface area contributed by atoms with Crippen molar-refractivity contribution >= 4 is 5.69 Å². The van der Waals surface area contributed by atoms with E-state index in [-0.39, 0.29) is 0 Å². The molecule has 0 amide bonds. The van der Waals surface area contributed by atoms with E-state index in [2.05, 4.69) is 35.3 Å². The molecule has 4 nitrogen and oxygen atoms in total. The zero-order valence-electron chi connectivity index (χ0n) is 11.5. The highest BCUT2D eigenvalue weighted by Gasteiger charge is 2.21. The number of nitrogens with one attached hydrogen (secondary N) is 1. The van der Waals surface area contributed by atoms with Crippen molar-refractivity contribution in [2.24, 2.45) is 0 Å². The van der Waals surface area contributed by atoms with Crippen LogP contribution >= 0.6 is 0 Å². The van der Waals surface area contributed by atoms with Crippen LogP contribution in [0.2, 0.25) is 0 Å². The van der Waals surface area contributed by atoms with Gasteiger partial charge in [0.25, 0.3) is 0 Å². The van der Waals surface area contributed by atoms with Gasteiger partial charge in [-0.2, -0.15) is 0 Å². The third-order valence-electron chi connectivity index (χ3n) is 3.83. The van der Waals surface area contributed by atoms with Gasteiger partial charge in [-0.3, -0.25) is 4.90 Å². The summed E-state index contributed by atoms with van der Waals surface area (Å²) < 4.78 is 11.6. The third-order valence-corrected chi connectivity index (χ3v) is 3.83. The Kier molecular flexibility index (Phi) is 3.89. The Hall–Kier alpha value is -1.26. The van der Waals surface area contributed by atoms with E-state index in [0.717, 1.165) is 57.3 Å². The molecule has 4 heteroatoms. The molecule has 1 N–H and O–H groups in total. The van der Waals surface area contributed by atoms with Crippen molar-refractivity contribution in [1.29, 1.82) is 0 Å². The lowest BCUT2D eigenvalue weighted by atomic mass is 10.1. The molecule has 104 valence electrons. The van der Waals surface area contributed by atoms with Gasteiger partial charge in [-0.25, -0.2) is 0 Å². The number of hydrogen-bond donors (Lipinski definition) is 1. The summed E-state index contributed by atoms with van der Waals surface area (Å²) in [6.45, 7) is 7.65. The van der Waals surface area contributed by atoms with Crippen LogP contribution in [0.5, 0.6) is 5.75 Å². The summed E-state index contributed by atoms with van der Waals surface area (Å²) >= 11 is 0. The number of ether oxygens (including phenoxy) is 2. The molecular weight excluding hydrogens is 240 g/mol. The number of morpholine rings is 1. The maximum absolute atomic E-state index is 5.83. The van der Waals surface area contributed by atoms with E-state index in [0.29, 0.717) is 6.10 Å². The first-order valence-electron chi connectivity index (χ1n) is 7.19. The number of benzene rings is 1. The molecule has 0 spiro atoms. The quantitative estimate of drug-likeness (QED) is 0.904. The molecule has 1 aromatic carbocycles. The summed E-state index contributed by atoms with van der Waals surface area (Å²) in [6.07, 6.45) is 1.47. The zero-order chi connectivity index (χ0) is 13.1. The normalized spacial score (nSPS) is 23.3. The van der Waals surface area contributed by atoms with Crippen LogP contribution < -0.4 is 10.1 Å². The Morgan fingerprint density at radius 1 is 1.37 bits per heavy atom. The molecule has 2 aliphatic heterocycles. The lowest BCUT2D eigenvalue weighted by molar-refractivity contribution is -0.0326. The molecule has 19 heavy (non-hydrogen) atoms. The van der Waals surface area contributed by atoms with Crippen LogP contribution in [0.4, 0.5) is 5.69 Å². The molecule has 0 radical (unpaired) electrons. The molecule has 0 aromatic heterocycles. The zero-order valence-corrected chi connectivity index (χ0v) is 11.5. The molecule has 2 aliphatic rings. The summed E-state index contributed by atoms with van der Waals surface area (Å²) in [5.41, 5.74) is 2.41. The van der Waals surface area contributed by atoms with E-state index < -0.39 is 0 Å².